The first kappa shape index (κ1) is 17.0. The molecule has 6 rings (SSSR count). The Hall–Kier alpha value is -4.49. The van der Waals surface area contributed by atoms with Gasteiger partial charge < -0.3 is 4.42 Å². The molecule has 0 N–H and O–H groups in total. The predicted molar refractivity (Wildman–Crippen MR) is 133 cm³/mol. The average Bonchev–Trinajstić information content (AvgIpc) is 3.29. The van der Waals surface area contributed by atoms with E-state index in [1.165, 1.54) is 11.6 Å². The van der Waals surface area contributed by atoms with Crippen LogP contribution in [-0.4, -0.2) is 0 Å². The van der Waals surface area contributed by atoms with Crippen LogP contribution >= 0.6 is 0 Å². The Labute approximate surface area is 200 Å². The second kappa shape index (κ2) is 7.54. The SMILES string of the molecule is [2H]c1c([2H])c(-c2c(C)ccc3c2oc2c(-c4ccc5ccccc5c4)c(C#N)ccc23)[n+](C)c([2H])c1F. The van der Waals surface area contributed by atoms with Gasteiger partial charge in [-0.05, 0) is 53.1 Å². The number of furan rings is 1. The molecule has 0 fully saturated rings. The van der Waals surface area contributed by atoms with Crippen LogP contribution < -0.4 is 4.57 Å². The number of hydrogen-bond acceptors (Lipinski definition) is 2. The van der Waals surface area contributed by atoms with E-state index in [2.05, 4.69) is 6.07 Å². The van der Waals surface area contributed by atoms with E-state index in [0.717, 1.165) is 32.7 Å². The van der Waals surface area contributed by atoms with Crippen molar-refractivity contribution in [3.05, 3.63) is 102 Å². The highest BCUT2D eigenvalue weighted by Crippen LogP contribution is 2.42. The van der Waals surface area contributed by atoms with E-state index in [1.807, 2.05) is 67.6 Å². The first-order valence-electron chi connectivity index (χ1n) is 12.4. The van der Waals surface area contributed by atoms with Gasteiger partial charge in [-0.3, -0.25) is 0 Å². The molecule has 0 amide bonds. The van der Waals surface area contributed by atoms with Crippen molar-refractivity contribution in [2.45, 2.75) is 6.92 Å². The zero-order valence-corrected chi connectivity index (χ0v) is 18.5. The summed E-state index contributed by atoms with van der Waals surface area (Å²) in [7, 11) is 1.51. The Kier molecular flexibility index (Phi) is 3.78. The minimum atomic E-state index is -1.04. The van der Waals surface area contributed by atoms with Crippen LogP contribution in [0.1, 0.15) is 15.2 Å². The summed E-state index contributed by atoms with van der Waals surface area (Å²) in [5.41, 5.74) is 4.48. The Balaban J connectivity index is 1.74. The van der Waals surface area contributed by atoms with Gasteiger partial charge in [0.2, 0.25) is 11.9 Å². The second-order valence-electron chi connectivity index (χ2n) is 8.36. The number of aryl methyl sites for hydroxylation is 1. The number of nitriles is 1. The van der Waals surface area contributed by atoms with Crippen molar-refractivity contribution >= 4 is 32.7 Å². The van der Waals surface area contributed by atoms with Crippen molar-refractivity contribution in [3.63, 3.8) is 0 Å². The molecule has 4 heteroatoms. The minimum absolute atomic E-state index is 0.228. The van der Waals surface area contributed by atoms with Gasteiger partial charge in [0.15, 0.2) is 5.82 Å². The summed E-state index contributed by atoms with van der Waals surface area (Å²) in [5.74, 6) is -1.04. The van der Waals surface area contributed by atoms with E-state index in [1.54, 1.807) is 6.07 Å². The molecule has 4 aromatic carbocycles. The maximum Gasteiger partial charge on any atom is 0.216 e. The molecule has 0 spiro atoms. The maximum absolute atomic E-state index is 14.4. The van der Waals surface area contributed by atoms with Gasteiger partial charge in [0, 0.05) is 22.4 Å². The number of pyridine rings is 1. The molecular weight excluding hydrogens is 423 g/mol. The number of fused-ring (bicyclic) bond motifs is 4. The maximum atomic E-state index is 14.4. The number of hydrogen-bond donors (Lipinski definition) is 0. The summed E-state index contributed by atoms with van der Waals surface area (Å²) in [6, 6.07) is 22.8. The van der Waals surface area contributed by atoms with Crippen LogP contribution in [0.25, 0.3) is 55.1 Å². The molecule has 2 heterocycles. The lowest BCUT2D eigenvalue weighted by atomic mass is 9.95. The number of benzene rings is 4. The molecule has 162 valence electrons. The Morgan fingerprint density at radius 3 is 2.44 bits per heavy atom. The molecule has 0 aliphatic rings. The summed E-state index contributed by atoms with van der Waals surface area (Å²) >= 11 is 0. The van der Waals surface area contributed by atoms with Crippen molar-refractivity contribution in [1.82, 2.24) is 0 Å². The lowest BCUT2D eigenvalue weighted by Gasteiger charge is -2.07. The van der Waals surface area contributed by atoms with Gasteiger partial charge in [0.25, 0.3) is 0 Å². The molecule has 0 bridgehead atoms. The summed E-state index contributed by atoms with van der Waals surface area (Å²) in [5, 5.41) is 13.7. The highest BCUT2D eigenvalue weighted by Gasteiger charge is 2.23. The van der Waals surface area contributed by atoms with Gasteiger partial charge in [0.1, 0.15) is 19.6 Å². The van der Waals surface area contributed by atoms with Gasteiger partial charge in [-0.2, -0.15) is 9.83 Å². The third kappa shape index (κ3) is 2.98. The smallest absolute Gasteiger partial charge is 0.216 e. The van der Waals surface area contributed by atoms with Crippen LogP contribution in [0, 0.1) is 24.1 Å². The van der Waals surface area contributed by atoms with Gasteiger partial charge >= 0.3 is 0 Å². The quantitative estimate of drug-likeness (QED) is 0.264. The third-order valence-electron chi connectivity index (χ3n) is 6.31. The molecule has 6 aromatic rings. The fraction of sp³-hybridized carbons (Fsp3) is 0.0667. The molecule has 2 aromatic heterocycles. The van der Waals surface area contributed by atoms with Crippen molar-refractivity contribution in [2.75, 3.05) is 0 Å². The van der Waals surface area contributed by atoms with E-state index in [0.29, 0.717) is 27.9 Å². The molecule has 0 unspecified atom stereocenters. The topological polar surface area (TPSA) is 40.8 Å². The predicted octanol–water partition coefficient (Wildman–Crippen LogP) is 7.22. The first-order valence-corrected chi connectivity index (χ1v) is 10.9. The van der Waals surface area contributed by atoms with Gasteiger partial charge in [-0.15, -0.1) is 0 Å². The Morgan fingerprint density at radius 2 is 1.65 bits per heavy atom. The monoisotopic (exact) mass is 446 g/mol. The number of nitrogens with zero attached hydrogens (tertiary/aromatic N) is 2. The van der Waals surface area contributed by atoms with Crippen LogP contribution in [0.15, 0.2) is 89.4 Å². The number of rotatable bonds is 2. The van der Waals surface area contributed by atoms with Crippen LogP contribution in [-0.2, 0) is 7.05 Å². The van der Waals surface area contributed by atoms with E-state index in [4.69, 9.17) is 8.53 Å². The Morgan fingerprint density at radius 1 is 0.912 bits per heavy atom. The largest absolute Gasteiger partial charge is 0.454 e. The van der Waals surface area contributed by atoms with Crippen LogP contribution in [0.5, 0.6) is 0 Å². The molecular formula is C30H20FN2O+. The van der Waals surface area contributed by atoms with E-state index in [9.17, 15) is 9.65 Å². The second-order valence-corrected chi connectivity index (χ2v) is 8.36. The number of halogens is 1. The third-order valence-corrected chi connectivity index (χ3v) is 6.31. The molecule has 34 heavy (non-hydrogen) atoms. The van der Waals surface area contributed by atoms with Crippen LogP contribution in [0.2, 0.25) is 0 Å². The normalized spacial score (nSPS) is 12.6. The van der Waals surface area contributed by atoms with E-state index < -0.39 is 18.0 Å². The standard InChI is InChI=1S/C30H20FN2O/c1-18-7-12-24-25-13-10-22(16-32)28(21-9-8-19-5-3-4-6-20(19)15-21)30(25)34-29(24)27(18)26-14-11-23(31)17-33(26)2/h3-15,17H,1-2H3/q+1/i11D,14D,17D. The zero-order valence-electron chi connectivity index (χ0n) is 21.5. The molecule has 0 aliphatic carbocycles. The zero-order chi connectivity index (χ0) is 26.0. The molecule has 0 atom stereocenters. The van der Waals surface area contributed by atoms with Crippen molar-refractivity contribution < 1.29 is 17.5 Å². The fourth-order valence-corrected chi connectivity index (χ4v) is 4.68. The van der Waals surface area contributed by atoms with Crippen molar-refractivity contribution in [2.24, 2.45) is 7.05 Å². The molecule has 0 radical (unpaired) electrons. The van der Waals surface area contributed by atoms with Gasteiger partial charge in [0.05, 0.1) is 19.9 Å². The Bertz CT molecular complexity index is 1940. The van der Waals surface area contributed by atoms with E-state index in [-0.39, 0.29) is 11.7 Å². The first-order chi connectivity index (χ1) is 17.8. The van der Waals surface area contributed by atoms with Crippen molar-refractivity contribution in [3.8, 4) is 28.5 Å². The summed E-state index contributed by atoms with van der Waals surface area (Å²) in [6.45, 7) is 1.85. The molecule has 3 nitrogen and oxygen atoms in total. The van der Waals surface area contributed by atoms with Crippen molar-refractivity contribution in [1.29, 1.82) is 5.26 Å². The van der Waals surface area contributed by atoms with Crippen LogP contribution in [0.4, 0.5) is 4.39 Å². The van der Waals surface area contributed by atoms with E-state index >= 15 is 0 Å². The minimum Gasteiger partial charge on any atom is -0.454 e. The van der Waals surface area contributed by atoms with Gasteiger partial charge in [-0.1, -0.05) is 48.5 Å². The molecule has 0 saturated heterocycles. The highest BCUT2D eigenvalue weighted by molar-refractivity contribution is 6.14. The summed E-state index contributed by atoms with van der Waals surface area (Å²) in [6.07, 6.45) is -0.480. The summed E-state index contributed by atoms with van der Waals surface area (Å²) < 4.78 is 46.9. The average molecular weight is 447 g/mol. The highest BCUT2D eigenvalue weighted by atomic mass is 19.1. The lowest BCUT2D eigenvalue weighted by Crippen LogP contribution is -2.31. The lowest BCUT2D eigenvalue weighted by molar-refractivity contribution is -0.661. The summed E-state index contributed by atoms with van der Waals surface area (Å²) in [4.78, 5) is 0. The molecule has 0 saturated carbocycles. The number of aromatic nitrogens is 1. The van der Waals surface area contributed by atoms with Gasteiger partial charge in [-0.25, -0.2) is 4.39 Å². The molecule has 0 aliphatic heterocycles. The van der Waals surface area contributed by atoms with Crippen LogP contribution in [0.3, 0.4) is 0 Å². The fourth-order valence-electron chi connectivity index (χ4n) is 4.68.